The molecule has 5 nitrogen and oxygen atoms in total. The number of nitrogens with one attached hydrogen (secondary N) is 1. The van der Waals surface area contributed by atoms with Crippen LogP contribution in [-0.2, 0) is 14.8 Å². The van der Waals surface area contributed by atoms with Gasteiger partial charge in [-0.3, -0.25) is 4.79 Å². The summed E-state index contributed by atoms with van der Waals surface area (Å²) in [5.74, 6) is -0.247. The van der Waals surface area contributed by atoms with Crippen molar-refractivity contribution in [3.05, 3.63) is 101 Å². The van der Waals surface area contributed by atoms with Gasteiger partial charge in [0.25, 0.3) is 0 Å². The van der Waals surface area contributed by atoms with Crippen LogP contribution in [0.4, 0.5) is 0 Å². The molecule has 4 rings (SSSR count). The summed E-state index contributed by atoms with van der Waals surface area (Å²) in [5.41, 5.74) is 4.22. The van der Waals surface area contributed by atoms with Gasteiger partial charge >= 0.3 is 0 Å². The highest BCUT2D eigenvalue weighted by molar-refractivity contribution is 7.89. The Balaban J connectivity index is 1.45. The molecule has 1 amide bonds. The number of carbonyl (C=O) groups excluding carboxylic acids is 1. The van der Waals surface area contributed by atoms with Gasteiger partial charge in [-0.15, -0.1) is 0 Å². The molecule has 0 bridgehead atoms. The number of aryl methyl sites for hydroxylation is 2. The zero-order chi connectivity index (χ0) is 23.4. The van der Waals surface area contributed by atoms with E-state index in [1.54, 1.807) is 12.1 Å². The summed E-state index contributed by atoms with van der Waals surface area (Å²) in [6.07, 6.45) is 1.01. The first kappa shape index (κ1) is 23.2. The second-order valence-electron chi connectivity index (χ2n) is 8.76. The minimum Gasteiger partial charge on any atom is -0.345 e. The maximum absolute atomic E-state index is 13.2. The van der Waals surface area contributed by atoms with Crippen LogP contribution in [0.25, 0.3) is 0 Å². The maximum atomic E-state index is 13.2. The Hall–Kier alpha value is -2.96. The molecule has 1 atom stereocenters. The zero-order valence-corrected chi connectivity index (χ0v) is 19.9. The SMILES string of the molecule is Cc1ccc(S(=O)(=O)N2CCC(C(=O)N[C@H](c3ccccc3)c3cccc(C)c3)CC2)cc1. The normalized spacial score (nSPS) is 16.3. The smallest absolute Gasteiger partial charge is 0.243 e. The topological polar surface area (TPSA) is 66.5 Å². The number of sulfonamides is 1. The maximum Gasteiger partial charge on any atom is 0.243 e. The quantitative estimate of drug-likeness (QED) is 0.582. The van der Waals surface area contributed by atoms with Crippen LogP contribution in [0.3, 0.4) is 0 Å². The number of benzene rings is 3. The van der Waals surface area contributed by atoms with E-state index < -0.39 is 10.0 Å². The van der Waals surface area contributed by atoms with E-state index >= 15 is 0 Å². The third-order valence-corrected chi connectivity index (χ3v) is 8.19. The van der Waals surface area contributed by atoms with Crippen molar-refractivity contribution >= 4 is 15.9 Å². The van der Waals surface area contributed by atoms with Crippen LogP contribution in [0.15, 0.2) is 83.8 Å². The van der Waals surface area contributed by atoms with E-state index in [0.717, 1.165) is 22.3 Å². The minimum atomic E-state index is -3.54. The van der Waals surface area contributed by atoms with E-state index in [-0.39, 0.29) is 17.9 Å². The molecule has 0 radical (unpaired) electrons. The molecular weight excluding hydrogens is 432 g/mol. The average Bonchev–Trinajstić information content (AvgIpc) is 2.83. The van der Waals surface area contributed by atoms with Gasteiger partial charge in [0.1, 0.15) is 0 Å². The number of nitrogens with zero attached hydrogens (tertiary/aromatic N) is 1. The molecular formula is C27H30N2O3S. The van der Waals surface area contributed by atoms with Gasteiger partial charge in [-0.2, -0.15) is 4.31 Å². The molecule has 1 aliphatic rings. The Morgan fingerprint density at radius 3 is 2.12 bits per heavy atom. The Labute approximate surface area is 196 Å². The molecule has 172 valence electrons. The van der Waals surface area contributed by atoms with Gasteiger partial charge in [0.05, 0.1) is 10.9 Å². The van der Waals surface area contributed by atoms with Crippen LogP contribution in [0.1, 0.15) is 41.1 Å². The number of rotatable bonds is 6. The lowest BCUT2D eigenvalue weighted by Gasteiger charge is -2.31. The molecule has 0 aromatic heterocycles. The second-order valence-corrected chi connectivity index (χ2v) is 10.7. The molecule has 0 aliphatic carbocycles. The zero-order valence-electron chi connectivity index (χ0n) is 19.1. The molecule has 0 spiro atoms. The van der Waals surface area contributed by atoms with E-state index in [1.807, 2.05) is 74.5 Å². The van der Waals surface area contributed by atoms with Crippen LogP contribution < -0.4 is 5.32 Å². The first-order valence-corrected chi connectivity index (χ1v) is 12.8. The largest absolute Gasteiger partial charge is 0.345 e. The fourth-order valence-corrected chi connectivity index (χ4v) is 5.80. The van der Waals surface area contributed by atoms with Gasteiger partial charge in [0.2, 0.25) is 15.9 Å². The number of hydrogen-bond donors (Lipinski definition) is 1. The summed E-state index contributed by atoms with van der Waals surface area (Å²) in [4.78, 5) is 13.5. The highest BCUT2D eigenvalue weighted by Crippen LogP contribution is 2.27. The highest BCUT2D eigenvalue weighted by Gasteiger charge is 2.33. The van der Waals surface area contributed by atoms with Crippen molar-refractivity contribution in [1.29, 1.82) is 0 Å². The molecule has 0 saturated carbocycles. The van der Waals surface area contributed by atoms with E-state index in [9.17, 15) is 13.2 Å². The molecule has 1 N–H and O–H groups in total. The predicted octanol–water partition coefficient (Wildman–Crippen LogP) is 4.61. The summed E-state index contributed by atoms with van der Waals surface area (Å²) >= 11 is 0. The minimum absolute atomic E-state index is 0.0299. The Bertz CT molecular complexity index is 1200. The van der Waals surface area contributed by atoms with Crippen molar-refractivity contribution in [3.8, 4) is 0 Å². The van der Waals surface area contributed by atoms with Crippen molar-refractivity contribution in [2.45, 2.75) is 37.6 Å². The average molecular weight is 463 g/mol. The number of piperidine rings is 1. The fraction of sp³-hybridized carbons (Fsp3) is 0.296. The monoisotopic (exact) mass is 462 g/mol. The number of hydrogen-bond acceptors (Lipinski definition) is 3. The summed E-state index contributed by atoms with van der Waals surface area (Å²) in [7, 11) is -3.54. The van der Waals surface area contributed by atoms with Gasteiger partial charge in [-0.25, -0.2) is 8.42 Å². The van der Waals surface area contributed by atoms with Crippen LogP contribution in [0.5, 0.6) is 0 Å². The second kappa shape index (κ2) is 9.89. The molecule has 1 saturated heterocycles. The van der Waals surface area contributed by atoms with E-state index in [4.69, 9.17) is 0 Å². The molecule has 1 heterocycles. The lowest BCUT2D eigenvalue weighted by atomic mass is 9.93. The standard InChI is InChI=1S/C27H30N2O3S/c1-20-11-13-25(14-12-20)33(31,32)29-17-15-23(16-18-29)27(30)28-26(22-8-4-3-5-9-22)24-10-6-7-21(2)19-24/h3-14,19,23,26H,15-18H2,1-2H3,(H,28,30)/t26-/m1/s1. The summed E-state index contributed by atoms with van der Waals surface area (Å²) in [5, 5.41) is 3.23. The third kappa shape index (κ3) is 5.34. The van der Waals surface area contributed by atoms with Gasteiger partial charge in [0, 0.05) is 19.0 Å². The molecule has 1 aliphatic heterocycles. The van der Waals surface area contributed by atoms with Crippen LogP contribution in [-0.4, -0.2) is 31.7 Å². The lowest BCUT2D eigenvalue weighted by molar-refractivity contribution is -0.126. The van der Waals surface area contributed by atoms with Crippen molar-refractivity contribution in [1.82, 2.24) is 9.62 Å². The Morgan fingerprint density at radius 1 is 0.848 bits per heavy atom. The van der Waals surface area contributed by atoms with Crippen LogP contribution in [0, 0.1) is 19.8 Å². The van der Waals surface area contributed by atoms with E-state index in [0.29, 0.717) is 30.8 Å². The highest BCUT2D eigenvalue weighted by atomic mass is 32.2. The van der Waals surface area contributed by atoms with Gasteiger partial charge < -0.3 is 5.32 Å². The van der Waals surface area contributed by atoms with Crippen LogP contribution >= 0.6 is 0 Å². The predicted molar refractivity (Wildman–Crippen MR) is 130 cm³/mol. The molecule has 3 aromatic rings. The van der Waals surface area contributed by atoms with Crippen molar-refractivity contribution in [2.75, 3.05) is 13.1 Å². The summed E-state index contributed by atoms with van der Waals surface area (Å²) < 4.78 is 27.5. The fourth-order valence-electron chi connectivity index (χ4n) is 4.33. The van der Waals surface area contributed by atoms with Crippen molar-refractivity contribution in [3.63, 3.8) is 0 Å². The Morgan fingerprint density at radius 2 is 1.48 bits per heavy atom. The molecule has 3 aromatic carbocycles. The van der Waals surface area contributed by atoms with E-state index in [2.05, 4.69) is 11.4 Å². The molecule has 33 heavy (non-hydrogen) atoms. The Kier molecular flexibility index (Phi) is 6.96. The molecule has 6 heteroatoms. The first-order valence-electron chi connectivity index (χ1n) is 11.3. The van der Waals surface area contributed by atoms with Gasteiger partial charge in [0.15, 0.2) is 0 Å². The van der Waals surface area contributed by atoms with Gasteiger partial charge in [-0.05, 0) is 49.9 Å². The van der Waals surface area contributed by atoms with Crippen molar-refractivity contribution in [2.24, 2.45) is 5.92 Å². The molecule has 0 unspecified atom stereocenters. The molecule has 1 fully saturated rings. The summed E-state index contributed by atoms with van der Waals surface area (Å²) in [6.45, 7) is 4.65. The number of carbonyl (C=O) groups is 1. The number of amides is 1. The van der Waals surface area contributed by atoms with E-state index in [1.165, 1.54) is 4.31 Å². The van der Waals surface area contributed by atoms with Crippen molar-refractivity contribution < 1.29 is 13.2 Å². The van der Waals surface area contributed by atoms with Crippen LogP contribution in [0.2, 0.25) is 0 Å². The van der Waals surface area contributed by atoms with Gasteiger partial charge in [-0.1, -0.05) is 77.9 Å². The first-order chi connectivity index (χ1) is 15.8. The lowest BCUT2D eigenvalue weighted by Crippen LogP contribution is -2.43. The third-order valence-electron chi connectivity index (χ3n) is 6.28. The summed E-state index contributed by atoms with van der Waals surface area (Å²) in [6, 6.07) is 24.8.